The third-order valence-electron chi connectivity index (χ3n) is 2.78. The van der Waals surface area contributed by atoms with Gasteiger partial charge in [0.2, 0.25) is 0 Å². The summed E-state index contributed by atoms with van der Waals surface area (Å²) in [6.45, 7) is 3.76. The minimum atomic E-state index is 0.354. The van der Waals surface area contributed by atoms with Gasteiger partial charge in [-0.15, -0.1) is 11.6 Å². The van der Waals surface area contributed by atoms with E-state index in [-0.39, 0.29) is 0 Å². The normalized spacial score (nSPS) is 28.2. The predicted octanol–water partition coefficient (Wildman–Crippen LogP) is 1.79. The van der Waals surface area contributed by atoms with Crippen molar-refractivity contribution < 1.29 is 9.47 Å². The molecule has 0 radical (unpaired) electrons. The minimum Gasteiger partial charge on any atom is -0.383 e. The highest BCUT2D eigenvalue weighted by molar-refractivity contribution is 6.17. The fourth-order valence-electron chi connectivity index (χ4n) is 1.91. The molecule has 0 aromatic rings. The zero-order valence-corrected chi connectivity index (χ0v) is 10.4. The average Bonchev–Trinajstić information content (AvgIpc) is 2.61. The summed E-state index contributed by atoms with van der Waals surface area (Å²) in [6.07, 6.45) is 4.07. The summed E-state index contributed by atoms with van der Waals surface area (Å²) in [5, 5.41) is 3.45. The molecule has 1 N–H and O–H groups in total. The van der Waals surface area contributed by atoms with Gasteiger partial charge in [0.25, 0.3) is 0 Å². The van der Waals surface area contributed by atoms with Crippen LogP contribution in [-0.4, -0.2) is 44.4 Å². The van der Waals surface area contributed by atoms with Gasteiger partial charge in [0.15, 0.2) is 0 Å². The smallest absolute Gasteiger partial charge is 0.0704 e. The molecule has 0 spiro atoms. The van der Waals surface area contributed by atoms with Gasteiger partial charge in [-0.3, -0.25) is 0 Å². The summed E-state index contributed by atoms with van der Waals surface area (Å²) in [4.78, 5) is 0. The molecule has 0 aliphatic carbocycles. The zero-order chi connectivity index (χ0) is 11.1. The topological polar surface area (TPSA) is 30.5 Å². The van der Waals surface area contributed by atoms with Crippen LogP contribution in [0.5, 0.6) is 0 Å². The highest BCUT2D eigenvalue weighted by Crippen LogP contribution is 2.18. The lowest BCUT2D eigenvalue weighted by molar-refractivity contribution is 0.0514. The van der Waals surface area contributed by atoms with E-state index in [1.54, 1.807) is 7.11 Å². The third-order valence-corrected chi connectivity index (χ3v) is 3.00. The molecule has 4 heteroatoms. The Hall–Kier alpha value is 0.170. The summed E-state index contributed by atoms with van der Waals surface area (Å²) in [5.41, 5.74) is 0. The Morgan fingerprint density at radius 2 is 2.33 bits per heavy atom. The quantitative estimate of drug-likeness (QED) is 0.683. The molecule has 3 unspecified atom stereocenters. The highest BCUT2D eigenvalue weighted by atomic mass is 35.5. The molecular weight excluding hydrogens is 214 g/mol. The van der Waals surface area contributed by atoms with Crippen LogP contribution in [0.2, 0.25) is 0 Å². The molecule has 90 valence electrons. The van der Waals surface area contributed by atoms with Crippen LogP contribution >= 0.6 is 11.6 Å². The van der Waals surface area contributed by atoms with E-state index < -0.39 is 0 Å². The van der Waals surface area contributed by atoms with Crippen LogP contribution in [0, 0.1) is 0 Å². The van der Waals surface area contributed by atoms with Crippen molar-refractivity contribution in [2.75, 3.05) is 26.1 Å². The fraction of sp³-hybridized carbons (Fsp3) is 1.00. The molecule has 3 nitrogen and oxygen atoms in total. The van der Waals surface area contributed by atoms with E-state index in [0.717, 1.165) is 26.0 Å². The number of halogens is 1. The maximum absolute atomic E-state index is 5.73. The highest BCUT2D eigenvalue weighted by Gasteiger charge is 2.22. The summed E-state index contributed by atoms with van der Waals surface area (Å²) in [7, 11) is 1.72. The van der Waals surface area contributed by atoms with Crippen LogP contribution in [0.4, 0.5) is 0 Å². The number of ether oxygens (including phenoxy) is 2. The van der Waals surface area contributed by atoms with E-state index in [1.807, 2.05) is 0 Å². The van der Waals surface area contributed by atoms with E-state index in [9.17, 15) is 0 Å². The molecule has 15 heavy (non-hydrogen) atoms. The average molecular weight is 236 g/mol. The largest absolute Gasteiger partial charge is 0.383 e. The number of rotatable bonds is 7. The van der Waals surface area contributed by atoms with Crippen LogP contribution in [0.15, 0.2) is 0 Å². The summed E-state index contributed by atoms with van der Waals surface area (Å²) < 4.78 is 10.9. The van der Waals surface area contributed by atoms with Crippen LogP contribution in [-0.2, 0) is 9.47 Å². The lowest BCUT2D eigenvalue weighted by Crippen LogP contribution is -2.38. The summed E-state index contributed by atoms with van der Waals surface area (Å²) in [6, 6.07) is 0.354. The Labute approximate surface area is 97.5 Å². The minimum absolute atomic E-state index is 0.354. The fourth-order valence-corrected chi connectivity index (χ4v) is 2.17. The van der Waals surface area contributed by atoms with Crippen LogP contribution in [0.3, 0.4) is 0 Å². The lowest BCUT2D eigenvalue weighted by Gasteiger charge is -2.19. The number of alkyl halides is 1. The Bertz CT molecular complexity index is 163. The van der Waals surface area contributed by atoms with E-state index in [1.165, 1.54) is 6.42 Å². The number of nitrogens with one attached hydrogen (secondary N) is 1. The second-order valence-electron chi connectivity index (χ2n) is 4.18. The van der Waals surface area contributed by atoms with Crippen molar-refractivity contribution in [2.45, 2.75) is 44.4 Å². The first-order valence-electron chi connectivity index (χ1n) is 5.70. The summed E-state index contributed by atoms with van der Waals surface area (Å²) >= 11 is 5.72. The van der Waals surface area contributed by atoms with Gasteiger partial charge in [0.1, 0.15) is 0 Å². The SMILES string of the molecule is COCC(CCCl)NCC1CCC(C)O1. The second kappa shape index (κ2) is 7.44. The number of methoxy groups -OCH3 is 1. The maximum Gasteiger partial charge on any atom is 0.0704 e. The van der Waals surface area contributed by atoms with E-state index >= 15 is 0 Å². The van der Waals surface area contributed by atoms with Crippen LogP contribution in [0.25, 0.3) is 0 Å². The van der Waals surface area contributed by atoms with Gasteiger partial charge in [-0.2, -0.15) is 0 Å². The number of hydrogen-bond acceptors (Lipinski definition) is 3. The Kier molecular flexibility index (Phi) is 6.57. The van der Waals surface area contributed by atoms with Crippen molar-refractivity contribution in [3.05, 3.63) is 0 Å². The van der Waals surface area contributed by atoms with E-state index in [0.29, 0.717) is 24.1 Å². The zero-order valence-electron chi connectivity index (χ0n) is 9.67. The standard InChI is InChI=1S/C11H22ClNO2/c1-9-3-4-11(15-9)7-13-10(5-6-12)8-14-2/h9-11,13H,3-8H2,1-2H3. The molecule has 0 aromatic heterocycles. The molecular formula is C11H22ClNO2. The molecule has 1 heterocycles. The monoisotopic (exact) mass is 235 g/mol. The molecule has 0 aromatic carbocycles. The van der Waals surface area contributed by atoms with Gasteiger partial charge in [0.05, 0.1) is 18.8 Å². The molecule has 3 atom stereocenters. The van der Waals surface area contributed by atoms with Gasteiger partial charge in [-0.05, 0) is 26.2 Å². The molecule has 0 saturated carbocycles. The molecule has 1 fully saturated rings. The molecule has 0 bridgehead atoms. The molecule has 1 aliphatic rings. The van der Waals surface area contributed by atoms with Crippen molar-refractivity contribution in [1.82, 2.24) is 5.32 Å². The van der Waals surface area contributed by atoms with Gasteiger partial charge in [-0.25, -0.2) is 0 Å². The first kappa shape index (κ1) is 13.2. The second-order valence-corrected chi connectivity index (χ2v) is 4.56. The Morgan fingerprint density at radius 3 is 2.87 bits per heavy atom. The molecule has 1 aliphatic heterocycles. The van der Waals surface area contributed by atoms with Crippen molar-refractivity contribution in [3.8, 4) is 0 Å². The Morgan fingerprint density at radius 1 is 1.53 bits per heavy atom. The molecule has 1 saturated heterocycles. The van der Waals surface area contributed by atoms with Gasteiger partial charge < -0.3 is 14.8 Å². The van der Waals surface area contributed by atoms with E-state index in [4.69, 9.17) is 21.1 Å². The first-order chi connectivity index (χ1) is 7.26. The first-order valence-corrected chi connectivity index (χ1v) is 6.23. The lowest BCUT2D eigenvalue weighted by atomic mass is 10.2. The van der Waals surface area contributed by atoms with Gasteiger partial charge >= 0.3 is 0 Å². The maximum atomic E-state index is 5.73. The van der Waals surface area contributed by atoms with Crippen molar-refractivity contribution in [1.29, 1.82) is 0 Å². The van der Waals surface area contributed by atoms with Gasteiger partial charge in [-0.1, -0.05) is 0 Å². The van der Waals surface area contributed by atoms with Crippen molar-refractivity contribution >= 4 is 11.6 Å². The van der Waals surface area contributed by atoms with E-state index in [2.05, 4.69) is 12.2 Å². The summed E-state index contributed by atoms with van der Waals surface area (Å²) in [5.74, 6) is 0.670. The predicted molar refractivity (Wildman–Crippen MR) is 62.6 cm³/mol. The molecule has 0 amide bonds. The Balaban J connectivity index is 2.15. The number of hydrogen-bond donors (Lipinski definition) is 1. The third kappa shape index (κ3) is 5.16. The van der Waals surface area contributed by atoms with Gasteiger partial charge in [0, 0.05) is 25.6 Å². The molecule has 1 rings (SSSR count). The van der Waals surface area contributed by atoms with Crippen molar-refractivity contribution in [2.24, 2.45) is 0 Å². The van der Waals surface area contributed by atoms with Crippen LogP contribution < -0.4 is 5.32 Å². The van der Waals surface area contributed by atoms with Crippen molar-refractivity contribution in [3.63, 3.8) is 0 Å². The van der Waals surface area contributed by atoms with Crippen LogP contribution in [0.1, 0.15) is 26.2 Å².